The van der Waals surface area contributed by atoms with Gasteiger partial charge in [-0.2, -0.15) is 0 Å². The van der Waals surface area contributed by atoms with Crippen molar-refractivity contribution < 1.29 is 23.7 Å². The second-order valence-electron chi connectivity index (χ2n) is 6.14. The molecule has 0 saturated carbocycles. The maximum absolute atomic E-state index is 12.7. The Morgan fingerprint density at radius 3 is 2.80 bits per heavy atom. The molecule has 0 radical (unpaired) electrons. The van der Waals surface area contributed by atoms with Crippen molar-refractivity contribution in [2.45, 2.75) is 32.4 Å². The molecule has 0 aliphatic carbocycles. The first kappa shape index (κ1) is 19.3. The second-order valence-corrected chi connectivity index (χ2v) is 6.14. The molecule has 6 heteroatoms. The van der Waals surface area contributed by atoms with Gasteiger partial charge in [-0.3, -0.25) is 4.79 Å². The number of amides is 1. The molecular weight excluding hydrogens is 322 g/mol. The van der Waals surface area contributed by atoms with E-state index in [0.717, 1.165) is 0 Å². The van der Waals surface area contributed by atoms with Gasteiger partial charge in [0.15, 0.2) is 11.5 Å². The number of rotatable bonds is 7. The molecular formula is C19H27NO5. The average Bonchev–Trinajstić information content (AvgIpc) is 2.61. The summed E-state index contributed by atoms with van der Waals surface area (Å²) in [5.74, 6) is 0.744. The number of allylic oxidation sites excluding steroid dienone is 1. The first-order valence-electron chi connectivity index (χ1n) is 8.41. The summed E-state index contributed by atoms with van der Waals surface area (Å²) in [6, 6.07) is 5.13. The number of ether oxygens (including phenoxy) is 4. The second kappa shape index (κ2) is 9.44. The highest BCUT2D eigenvalue weighted by atomic mass is 16.5. The Labute approximate surface area is 149 Å². The van der Waals surface area contributed by atoms with Crippen molar-refractivity contribution in [3.8, 4) is 11.5 Å². The van der Waals surface area contributed by atoms with Crippen molar-refractivity contribution in [3.63, 3.8) is 0 Å². The van der Waals surface area contributed by atoms with Crippen molar-refractivity contribution in [3.05, 3.63) is 35.4 Å². The Bertz CT molecular complexity index is 610. The van der Waals surface area contributed by atoms with E-state index in [0.29, 0.717) is 43.3 Å². The number of hydrogen-bond acceptors (Lipinski definition) is 5. The lowest BCUT2D eigenvalue weighted by Gasteiger charge is -2.32. The Kier molecular flexibility index (Phi) is 7.28. The normalized spacial score (nSPS) is 19.8. The summed E-state index contributed by atoms with van der Waals surface area (Å²) in [6.45, 7) is 5.62. The lowest BCUT2D eigenvalue weighted by Crippen LogP contribution is -2.50. The number of methoxy groups -OCH3 is 2. The monoisotopic (exact) mass is 349 g/mol. The van der Waals surface area contributed by atoms with E-state index >= 15 is 0 Å². The lowest BCUT2D eigenvalue weighted by molar-refractivity contribution is -0.0589. The lowest BCUT2D eigenvalue weighted by atomic mass is 10.0. The Morgan fingerprint density at radius 2 is 2.12 bits per heavy atom. The summed E-state index contributed by atoms with van der Waals surface area (Å²) in [7, 11) is 3.07. The summed E-state index contributed by atoms with van der Waals surface area (Å²) in [5.41, 5.74) is 1.63. The molecule has 1 aliphatic rings. The molecule has 138 valence electrons. The van der Waals surface area contributed by atoms with Crippen LogP contribution in [0.4, 0.5) is 0 Å². The van der Waals surface area contributed by atoms with Crippen molar-refractivity contribution in [2.24, 2.45) is 0 Å². The van der Waals surface area contributed by atoms with Gasteiger partial charge in [-0.1, -0.05) is 17.7 Å². The molecule has 2 rings (SSSR count). The van der Waals surface area contributed by atoms with Gasteiger partial charge >= 0.3 is 0 Å². The van der Waals surface area contributed by atoms with Crippen molar-refractivity contribution in [1.82, 2.24) is 5.32 Å². The first-order valence-corrected chi connectivity index (χ1v) is 8.41. The number of benzene rings is 1. The molecule has 6 nitrogen and oxygen atoms in total. The number of para-hydroxylation sites is 1. The van der Waals surface area contributed by atoms with Gasteiger partial charge in [-0.05, 0) is 32.4 Å². The Hall–Kier alpha value is -2.05. The molecule has 0 unspecified atom stereocenters. The smallest absolute Gasteiger partial charge is 0.255 e. The molecule has 1 heterocycles. The Morgan fingerprint density at radius 1 is 1.32 bits per heavy atom. The minimum atomic E-state index is -0.210. The van der Waals surface area contributed by atoms with Crippen LogP contribution in [0, 0.1) is 0 Å². The van der Waals surface area contributed by atoms with E-state index in [9.17, 15) is 4.79 Å². The number of carbonyl (C=O) groups is 1. The van der Waals surface area contributed by atoms with Gasteiger partial charge in [-0.25, -0.2) is 0 Å². The largest absolute Gasteiger partial charge is 0.493 e. The van der Waals surface area contributed by atoms with E-state index in [1.165, 1.54) is 12.7 Å². The predicted octanol–water partition coefficient (Wildman–Crippen LogP) is 2.57. The minimum absolute atomic E-state index is 0.109. The van der Waals surface area contributed by atoms with Crippen LogP contribution in [0.5, 0.6) is 11.5 Å². The molecule has 1 amide bonds. The summed E-state index contributed by atoms with van der Waals surface area (Å²) in [5, 5.41) is 3.05. The van der Waals surface area contributed by atoms with Crippen LogP contribution in [-0.2, 0) is 9.47 Å². The highest BCUT2D eigenvalue weighted by Gasteiger charge is 2.29. The molecule has 0 aromatic heterocycles. The zero-order valence-electron chi connectivity index (χ0n) is 15.3. The fraction of sp³-hybridized carbons (Fsp3) is 0.526. The highest BCUT2D eigenvalue weighted by Crippen LogP contribution is 2.30. The van der Waals surface area contributed by atoms with Crippen molar-refractivity contribution in [2.75, 3.05) is 34.0 Å². The molecule has 1 aliphatic heterocycles. The van der Waals surface area contributed by atoms with Gasteiger partial charge < -0.3 is 24.3 Å². The zero-order chi connectivity index (χ0) is 18.2. The fourth-order valence-electron chi connectivity index (χ4n) is 2.69. The third-order valence-electron chi connectivity index (χ3n) is 4.07. The summed E-state index contributed by atoms with van der Waals surface area (Å²) in [4.78, 5) is 12.7. The van der Waals surface area contributed by atoms with Crippen LogP contribution in [0.15, 0.2) is 29.8 Å². The van der Waals surface area contributed by atoms with Crippen LogP contribution in [0.1, 0.15) is 30.6 Å². The predicted molar refractivity (Wildman–Crippen MR) is 95.4 cm³/mol. The molecule has 1 aromatic carbocycles. The number of nitrogens with one attached hydrogen (secondary N) is 1. The van der Waals surface area contributed by atoms with E-state index < -0.39 is 0 Å². The van der Waals surface area contributed by atoms with E-state index in [1.54, 1.807) is 25.3 Å². The van der Waals surface area contributed by atoms with E-state index in [4.69, 9.17) is 18.9 Å². The SMILES string of the molecule is COc1cccc(C(=O)N[C@@H]2CCOC[C@H]2OCC=C(C)C)c1OC. The quantitative estimate of drug-likeness (QED) is 0.767. The van der Waals surface area contributed by atoms with Crippen LogP contribution in [-0.4, -0.2) is 52.1 Å². The van der Waals surface area contributed by atoms with Gasteiger partial charge in [0.2, 0.25) is 0 Å². The van der Waals surface area contributed by atoms with Gasteiger partial charge in [0.05, 0.1) is 39.0 Å². The average molecular weight is 349 g/mol. The van der Waals surface area contributed by atoms with Crippen LogP contribution < -0.4 is 14.8 Å². The standard InChI is InChI=1S/C19H27NO5/c1-13(2)8-11-25-17-12-24-10-9-15(17)20-19(21)14-6-5-7-16(22-3)18(14)23-4/h5-8,15,17H,9-12H2,1-4H3,(H,20,21)/t15-,17-/m1/s1. The van der Waals surface area contributed by atoms with E-state index in [1.807, 2.05) is 19.9 Å². The van der Waals surface area contributed by atoms with E-state index in [2.05, 4.69) is 5.32 Å². The maximum atomic E-state index is 12.7. The molecule has 1 aromatic rings. The molecule has 1 N–H and O–H groups in total. The number of carbonyl (C=O) groups excluding carboxylic acids is 1. The van der Waals surface area contributed by atoms with Crippen LogP contribution in [0.2, 0.25) is 0 Å². The minimum Gasteiger partial charge on any atom is -0.493 e. The maximum Gasteiger partial charge on any atom is 0.255 e. The summed E-state index contributed by atoms with van der Waals surface area (Å²) < 4.78 is 22.0. The summed E-state index contributed by atoms with van der Waals surface area (Å²) >= 11 is 0. The zero-order valence-corrected chi connectivity index (χ0v) is 15.3. The van der Waals surface area contributed by atoms with Crippen LogP contribution in [0.3, 0.4) is 0 Å². The number of hydrogen-bond donors (Lipinski definition) is 1. The van der Waals surface area contributed by atoms with Crippen LogP contribution >= 0.6 is 0 Å². The summed E-state index contributed by atoms with van der Waals surface area (Å²) in [6.07, 6.45) is 2.54. The highest BCUT2D eigenvalue weighted by molar-refractivity contribution is 5.98. The van der Waals surface area contributed by atoms with Crippen LogP contribution in [0.25, 0.3) is 0 Å². The topological polar surface area (TPSA) is 66.0 Å². The first-order chi connectivity index (χ1) is 12.1. The molecule has 1 saturated heterocycles. The Balaban J connectivity index is 2.08. The molecule has 1 fully saturated rings. The third kappa shape index (κ3) is 5.21. The van der Waals surface area contributed by atoms with Gasteiger partial charge in [0.25, 0.3) is 5.91 Å². The third-order valence-corrected chi connectivity index (χ3v) is 4.07. The molecule has 0 spiro atoms. The fourth-order valence-corrected chi connectivity index (χ4v) is 2.69. The van der Waals surface area contributed by atoms with Crippen molar-refractivity contribution in [1.29, 1.82) is 0 Å². The molecule has 2 atom stereocenters. The van der Waals surface area contributed by atoms with Gasteiger partial charge in [-0.15, -0.1) is 0 Å². The van der Waals surface area contributed by atoms with Crippen molar-refractivity contribution >= 4 is 5.91 Å². The van der Waals surface area contributed by atoms with E-state index in [-0.39, 0.29) is 18.1 Å². The van der Waals surface area contributed by atoms with Gasteiger partial charge in [0.1, 0.15) is 6.10 Å². The van der Waals surface area contributed by atoms with Gasteiger partial charge in [0, 0.05) is 6.61 Å². The molecule has 25 heavy (non-hydrogen) atoms. The molecule has 0 bridgehead atoms.